The van der Waals surface area contributed by atoms with Crippen LogP contribution in [0, 0.1) is 5.82 Å². The summed E-state index contributed by atoms with van der Waals surface area (Å²) in [7, 11) is 1.49. The average Bonchev–Trinajstić information content (AvgIpc) is 2.43. The molecule has 106 valence electrons. The monoisotopic (exact) mass is 333 g/mol. The number of ether oxygens (including phenoxy) is 1. The minimum Gasteiger partial charge on any atom is -0.495 e. The zero-order valence-corrected chi connectivity index (χ0v) is 12.7. The normalized spacial score (nSPS) is 12.3. The van der Waals surface area contributed by atoms with Gasteiger partial charge in [0.1, 0.15) is 11.6 Å². The first-order valence-corrected chi connectivity index (χ1v) is 6.81. The molecule has 20 heavy (non-hydrogen) atoms. The Hall–Kier alpha value is -1.00. The fourth-order valence-corrected chi connectivity index (χ4v) is 2.46. The van der Waals surface area contributed by atoms with Gasteiger partial charge in [-0.1, -0.05) is 40.9 Å². The maximum Gasteiger partial charge on any atom is 0.142 e. The summed E-state index contributed by atoms with van der Waals surface area (Å²) in [5, 5.41) is 0.825. The lowest BCUT2D eigenvalue weighted by Gasteiger charge is -2.16. The van der Waals surface area contributed by atoms with Crippen LogP contribution in [0.1, 0.15) is 17.2 Å². The molecule has 2 rings (SSSR count). The third-order valence-electron chi connectivity index (χ3n) is 2.91. The van der Waals surface area contributed by atoms with Gasteiger partial charge < -0.3 is 10.5 Å². The van der Waals surface area contributed by atoms with Gasteiger partial charge in [0.25, 0.3) is 0 Å². The standard InChI is InChI=1S/C14H11Cl3FNO/c1-20-13-6-10(16)8(5-11(13)17)14(19)7-2-3-9(15)12(18)4-7/h2-6,14H,19H2,1H3. The number of methoxy groups -OCH3 is 1. The number of hydrogen-bond donors (Lipinski definition) is 1. The van der Waals surface area contributed by atoms with Crippen LogP contribution in [0.3, 0.4) is 0 Å². The zero-order chi connectivity index (χ0) is 14.9. The van der Waals surface area contributed by atoms with E-state index >= 15 is 0 Å². The molecule has 0 saturated heterocycles. The van der Waals surface area contributed by atoms with Crippen LogP contribution in [0.4, 0.5) is 4.39 Å². The Morgan fingerprint density at radius 1 is 1.05 bits per heavy atom. The van der Waals surface area contributed by atoms with Crippen LogP contribution in [0.2, 0.25) is 15.1 Å². The van der Waals surface area contributed by atoms with Crippen molar-refractivity contribution in [1.29, 1.82) is 0 Å². The van der Waals surface area contributed by atoms with Crippen molar-refractivity contribution in [3.8, 4) is 5.75 Å². The predicted molar refractivity (Wildman–Crippen MR) is 80.5 cm³/mol. The first-order chi connectivity index (χ1) is 9.43. The highest BCUT2D eigenvalue weighted by molar-refractivity contribution is 6.34. The quantitative estimate of drug-likeness (QED) is 0.871. The SMILES string of the molecule is COc1cc(Cl)c(C(N)c2ccc(Cl)c(F)c2)cc1Cl. The van der Waals surface area contributed by atoms with Gasteiger partial charge in [-0.3, -0.25) is 0 Å². The number of rotatable bonds is 3. The minimum absolute atomic E-state index is 0.0415. The summed E-state index contributed by atoms with van der Waals surface area (Å²) < 4.78 is 18.6. The van der Waals surface area contributed by atoms with Gasteiger partial charge in [-0.05, 0) is 29.3 Å². The molecule has 0 amide bonds. The molecule has 0 saturated carbocycles. The van der Waals surface area contributed by atoms with Gasteiger partial charge in [-0.25, -0.2) is 4.39 Å². The zero-order valence-electron chi connectivity index (χ0n) is 10.5. The van der Waals surface area contributed by atoms with Gasteiger partial charge in [0.15, 0.2) is 0 Å². The number of benzene rings is 2. The molecule has 1 atom stereocenters. The number of nitrogens with two attached hydrogens (primary N) is 1. The molecule has 2 aromatic carbocycles. The van der Waals surface area contributed by atoms with Crippen LogP contribution in [-0.2, 0) is 0 Å². The Labute approximate surface area is 131 Å². The van der Waals surface area contributed by atoms with Gasteiger partial charge in [0.2, 0.25) is 0 Å². The summed E-state index contributed by atoms with van der Waals surface area (Å²) in [6.45, 7) is 0. The summed E-state index contributed by atoms with van der Waals surface area (Å²) in [6, 6.07) is 6.94. The lowest BCUT2D eigenvalue weighted by molar-refractivity contribution is 0.415. The van der Waals surface area contributed by atoms with Gasteiger partial charge in [-0.15, -0.1) is 0 Å². The van der Waals surface area contributed by atoms with E-state index in [2.05, 4.69) is 0 Å². The molecule has 0 radical (unpaired) electrons. The van der Waals surface area contributed by atoms with Crippen molar-refractivity contribution in [2.75, 3.05) is 7.11 Å². The summed E-state index contributed by atoms with van der Waals surface area (Å²) in [6.07, 6.45) is 0. The van der Waals surface area contributed by atoms with Gasteiger partial charge >= 0.3 is 0 Å². The third-order valence-corrected chi connectivity index (χ3v) is 3.84. The average molecular weight is 335 g/mol. The van der Waals surface area contributed by atoms with Crippen molar-refractivity contribution in [2.45, 2.75) is 6.04 Å². The van der Waals surface area contributed by atoms with Crippen molar-refractivity contribution < 1.29 is 9.13 Å². The smallest absolute Gasteiger partial charge is 0.142 e. The van der Waals surface area contributed by atoms with E-state index in [1.165, 1.54) is 19.2 Å². The maximum atomic E-state index is 13.5. The minimum atomic E-state index is -0.613. The highest BCUT2D eigenvalue weighted by Gasteiger charge is 2.17. The second-order valence-corrected chi connectivity index (χ2v) is 5.38. The lowest BCUT2D eigenvalue weighted by atomic mass is 9.99. The molecule has 0 aliphatic heterocycles. The van der Waals surface area contributed by atoms with Crippen LogP contribution in [0.15, 0.2) is 30.3 Å². The van der Waals surface area contributed by atoms with Crippen molar-refractivity contribution in [2.24, 2.45) is 5.73 Å². The molecule has 2 N–H and O–H groups in total. The van der Waals surface area contributed by atoms with Crippen LogP contribution >= 0.6 is 34.8 Å². The highest BCUT2D eigenvalue weighted by atomic mass is 35.5. The Kier molecular flexibility index (Phi) is 4.76. The number of halogens is 4. The third kappa shape index (κ3) is 3.01. The van der Waals surface area contributed by atoms with E-state index < -0.39 is 11.9 Å². The number of hydrogen-bond acceptors (Lipinski definition) is 2. The largest absolute Gasteiger partial charge is 0.495 e. The fraction of sp³-hybridized carbons (Fsp3) is 0.143. The molecular formula is C14H11Cl3FNO. The Bertz CT molecular complexity index is 649. The Balaban J connectivity index is 2.45. The Morgan fingerprint density at radius 3 is 2.35 bits per heavy atom. The second kappa shape index (κ2) is 6.19. The van der Waals surface area contributed by atoms with Crippen LogP contribution in [0.5, 0.6) is 5.75 Å². The first-order valence-electron chi connectivity index (χ1n) is 5.67. The van der Waals surface area contributed by atoms with Crippen LogP contribution in [-0.4, -0.2) is 7.11 Å². The van der Waals surface area contributed by atoms with E-state index in [9.17, 15) is 4.39 Å². The van der Waals surface area contributed by atoms with E-state index in [4.69, 9.17) is 45.3 Å². The molecular weight excluding hydrogens is 324 g/mol. The van der Waals surface area contributed by atoms with Crippen molar-refractivity contribution in [1.82, 2.24) is 0 Å². The predicted octanol–water partition coefficient (Wildman–Crippen LogP) is 4.84. The van der Waals surface area contributed by atoms with Crippen LogP contribution < -0.4 is 10.5 Å². The summed E-state index contributed by atoms with van der Waals surface area (Å²) in [5.41, 5.74) is 7.24. The molecule has 0 fully saturated rings. The maximum absolute atomic E-state index is 13.5. The van der Waals surface area contributed by atoms with E-state index in [0.717, 1.165) is 0 Å². The molecule has 2 aromatic rings. The molecule has 0 aliphatic rings. The molecule has 0 heterocycles. The van der Waals surface area contributed by atoms with E-state index in [-0.39, 0.29) is 5.02 Å². The van der Waals surface area contributed by atoms with Crippen molar-refractivity contribution in [3.05, 3.63) is 62.3 Å². The summed E-state index contributed by atoms with van der Waals surface area (Å²) >= 11 is 17.9. The highest BCUT2D eigenvalue weighted by Crippen LogP contribution is 2.35. The molecule has 0 bridgehead atoms. The summed E-state index contributed by atoms with van der Waals surface area (Å²) in [5.74, 6) is -0.0785. The molecule has 6 heteroatoms. The van der Waals surface area contributed by atoms with Crippen molar-refractivity contribution >= 4 is 34.8 Å². The van der Waals surface area contributed by atoms with Crippen LogP contribution in [0.25, 0.3) is 0 Å². The van der Waals surface area contributed by atoms with Gasteiger partial charge in [0.05, 0.1) is 23.2 Å². The molecule has 0 aliphatic carbocycles. The molecule has 0 spiro atoms. The topological polar surface area (TPSA) is 35.2 Å². The van der Waals surface area contributed by atoms with E-state index in [0.29, 0.717) is 26.9 Å². The van der Waals surface area contributed by atoms with Gasteiger partial charge in [-0.2, -0.15) is 0 Å². The van der Waals surface area contributed by atoms with E-state index in [1.807, 2.05) is 0 Å². The molecule has 1 unspecified atom stereocenters. The fourth-order valence-electron chi connectivity index (χ4n) is 1.82. The lowest BCUT2D eigenvalue weighted by Crippen LogP contribution is -2.13. The first kappa shape index (κ1) is 15.4. The Morgan fingerprint density at radius 2 is 1.75 bits per heavy atom. The second-order valence-electron chi connectivity index (χ2n) is 4.16. The van der Waals surface area contributed by atoms with E-state index in [1.54, 1.807) is 18.2 Å². The summed E-state index contributed by atoms with van der Waals surface area (Å²) in [4.78, 5) is 0. The molecule has 2 nitrogen and oxygen atoms in total. The molecule has 0 aromatic heterocycles. The van der Waals surface area contributed by atoms with Gasteiger partial charge in [0, 0.05) is 11.1 Å². The van der Waals surface area contributed by atoms with Crippen molar-refractivity contribution in [3.63, 3.8) is 0 Å².